The Morgan fingerprint density at radius 2 is 1.42 bits per heavy atom. The SMILES string of the molecule is O=C(NNC(=O)c1cc(NC(=O)[C@H]2[C@H](c3cc(Cl)cc(Cl)c3)C2(Cl)Cl)ccc1Cl)Nc1ccccc1. The number of carbonyl (C=O) groups is 3. The van der Waals surface area contributed by atoms with Gasteiger partial charge in [-0.25, -0.2) is 10.2 Å². The molecule has 12 heteroatoms. The molecule has 36 heavy (non-hydrogen) atoms. The largest absolute Gasteiger partial charge is 0.337 e. The third kappa shape index (κ3) is 5.99. The fourth-order valence-corrected chi connectivity index (χ4v) is 5.26. The van der Waals surface area contributed by atoms with E-state index < -0.39 is 34.0 Å². The van der Waals surface area contributed by atoms with Gasteiger partial charge in [-0.2, -0.15) is 0 Å². The first-order valence-electron chi connectivity index (χ1n) is 10.4. The molecule has 0 unspecified atom stereocenters. The van der Waals surface area contributed by atoms with Crippen LogP contribution in [0.1, 0.15) is 21.8 Å². The maximum atomic E-state index is 13.0. The molecule has 0 saturated heterocycles. The number of rotatable bonds is 5. The second-order valence-electron chi connectivity index (χ2n) is 7.92. The summed E-state index contributed by atoms with van der Waals surface area (Å²) >= 11 is 31.1. The van der Waals surface area contributed by atoms with E-state index in [1.807, 2.05) is 0 Å². The van der Waals surface area contributed by atoms with Crippen molar-refractivity contribution >= 4 is 87.2 Å². The van der Waals surface area contributed by atoms with Crippen LogP contribution in [0.5, 0.6) is 0 Å². The topological polar surface area (TPSA) is 99.3 Å². The highest BCUT2D eigenvalue weighted by Crippen LogP contribution is 2.65. The zero-order chi connectivity index (χ0) is 26.0. The molecule has 186 valence electrons. The van der Waals surface area contributed by atoms with Crippen LogP contribution in [-0.4, -0.2) is 22.2 Å². The molecular formula is C24H17Cl5N4O3. The van der Waals surface area contributed by atoms with Gasteiger partial charge in [-0.3, -0.25) is 15.0 Å². The smallest absolute Gasteiger partial charge is 0.326 e. The number of para-hydroxylation sites is 1. The van der Waals surface area contributed by atoms with Crippen LogP contribution in [0.3, 0.4) is 0 Å². The van der Waals surface area contributed by atoms with E-state index >= 15 is 0 Å². The molecule has 0 bridgehead atoms. The van der Waals surface area contributed by atoms with Crippen LogP contribution in [0.4, 0.5) is 16.2 Å². The van der Waals surface area contributed by atoms with Crippen LogP contribution in [0.25, 0.3) is 0 Å². The molecule has 0 heterocycles. The molecule has 4 rings (SSSR count). The third-order valence-corrected chi connectivity index (χ3v) is 7.09. The van der Waals surface area contributed by atoms with E-state index in [1.54, 1.807) is 48.5 Å². The van der Waals surface area contributed by atoms with E-state index in [1.165, 1.54) is 18.2 Å². The number of anilines is 2. The number of hydrogen-bond donors (Lipinski definition) is 4. The van der Waals surface area contributed by atoms with Crippen LogP contribution in [0, 0.1) is 5.92 Å². The van der Waals surface area contributed by atoms with E-state index in [2.05, 4.69) is 21.5 Å². The first kappa shape index (κ1) is 26.4. The molecule has 0 aliphatic heterocycles. The predicted octanol–water partition coefficient (Wildman–Crippen LogP) is 6.64. The average Bonchev–Trinajstić information content (AvgIpc) is 3.41. The minimum absolute atomic E-state index is 0.0199. The second-order valence-corrected chi connectivity index (χ2v) is 10.6. The summed E-state index contributed by atoms with van der Waals surface area (Å²) in [6.45, 7) is 0. The Kier molecular flexibility index (Phi) is 7.87. The zero-order valence-corrected chi connectivity index (χ0v) is 21.9. The van der Waals surface area contributed by atoms with Gasteiger partial charge < -0.3 is 10.6 Å². The number of hydrazine groups is 1. The van der Waals surface area contributed by atoms with Gasteiger partial charge in [0.05, 0.1) is 16.5 Å². The quantitative estimate of drug-likeness (QED) is 0.199. The lowest BCUT2D eigenvalue weighted by atomic mass is 10.1. The van der Waals surface area contributed by atoms with Crippen LogP contribution < -0.4 is 21.5 Å². The first-order chi connectivity index (χ1) is 17.1. The molecule has 0 radical (unpaired) electrons. The standard InChI is InChI=1S/C24H17Cl5N4O3/c25-13-8-12(9-14(26)10-13)19-20(24(19,28)29)22(35)30-16-6-7-18(27)17(11-16)21(34)32-33-23(36)31-15-4-2-1-3-5-15/h1-11,19-20H,(H,30,35)(H,32,34)(H2,31,33,36)/t19-,20+/m0/s1. The lowest BCUT2D eigenvalue weighted by molar-refractivity contribution is -0.117. The van der Waals surface area contributed by atoms with Crippen LogP contribution in [-0.2, 0) is 4.79 Å². The molecule has 7 nitrogen and oxygen atoms in total. The molecular weight excluding hydrogens is 570 g/mol. The number of nitrogens with one attached hydrogen (secondary N) is 4. The molecule has 4 N–H and O–H groups in total. The minimum Gasteiger partial charge on any atom is -0.326 e. The number of amides is 4. The van der Waals surface area contributed by atoms with Crippen molar-refractivity contribution in [3.8, 4) is 0 Å². The van der Waals surface area contributed by atoms with Crippen molar-refractivity contribution in [3.05, 3.63) is 92.9 Å². The Bertz CT molecular complexity index is 1320. The van der Waals surface area contributed by atoms with Crippen molar-refractivity contribution in [2.45, 2.75) is 10.3 Å². The molecule has 3 aromatic rings. The van der Waals surface area contributed by atoms with Crippen molar-refractivity contribution < 1.29 is 14.4 Å². The number of halogens is 5. The van der Waals surface area contributed by atoms with E-state index in [4.69, 9.17) is 58.0 Å². The number of urea groups is 1. The Morgan fingerprint density at radius 3 is 2.08 bits per heavy atom. The molecule has 1 saturated carbocycles. The fraction of sp³-hybridized carbons (Fsp3) is 0.125. The Labute approximate surface area is 231 Å². The number of alkyl halides is 2. The summed E-state index contributed by atoms with van der Waals surface area (Å²) in [6.07, 6.45) is 0. The maximum absolute atomic E-state index is 13.0. The van der Waals surface area contributed by atoms with Gasteiger partial charge in [-0.05, 0) is 54.1 Å². The lowest BCUT2D eigenvalue weighted by Crippen LogP contribution is -2.44. The minimum atomic E-state index is -1.36. The van der Waals surface area contributed by atoms with E-state index in [0.717, 1.165) is 0 Å². The van der Waals surface area contributed by atoms with Crippen molar-refractivity contribution in [3.63, 3.8) is 0 Å². The van der Waals surface area contributed by atoms with Gasteiger partial charge in [0.2, 0.25) is 5.91 Å². The second kappa shape index (κ2) is 10.7. The summed E-state index contributed by atoms with van der Waals surface area (Å²) in [5.74, 6) is -2.47. The monoisotopic (exact) mass is 584 g/mol. The molecule has 0 aromatic heterocycles. The summed E-state index contributed by atoms with van der Waals surface area (Å²) in [5, 5.41) is 6.15. The molecule has 2 atom stereocenters. The average molecular weight is 587 g/mol. The van der Waals surface area contributed by atoms with E-state index in [9.17, 15) is 14.4 Å². The highest BCUT2D eigenvalue weighted by atomic mass is 35.5. The Balaban J connectivity index is 1.40. The molecule has 0 spiro atoms. The van der Waals surface area contributed by atoms with Crippen LogP contribution >= 0.6 is 58.0 Å². The summed E-state index contributed by atoms with van der Waals surface area (Å²) in [6, 6.07) is 17.2. The molecule has 1 aliphatic carbocycles. The summed E-state index contributed by atoms with van der Waals surface area (Å²) in [7, 11) is 0. The van der Waals surface area contributed by atoms with Crippen molar-refractivity contribution in [1.29, 1.82) is 0 Å². The predicted molar refractivity (Wildman–Crippen MR) is 143 cm³/mol. The highest BCUT2D eigenvalue weighted by molar-refractivity contribution is 6.53. The van der Waals surface area contributed by atoms with Crippen LogP contribution in [0.2, 0.25) is 15.1 Å². The Morgan fingerprint density at radius 1 is 0.750 bits per heavy atom. The van der Waals surface area contributed by atoms with Gasteiger partial charge in [-0.1, -0.05) is 53.0 Å². The van der Waals surface area contributed by atoms with Crippen molar-refractivity contribution in [2.75, 3.05) is 10.6 Å². The molecule has 3 aromatic carbocycles. The number of benzene rings is 3. The van der Waals surface area contributed by atoms with Gasteiger partial charge >= 0.3 is 6.03 Å². The van der Waals surface area contributed by atoms with Crippen molar-refractivity contribution in [1.82, 2.24) is 10.9 Å². The normalized spacial score (nSPS) is 17.6. The molecule has 1 aliphatic rings. The summed E-state index contributed by atoms with van der Waals surface area (Å²) in [5.41, 5.74) is 5.97. The molecule has 4 amide bonds. The van der Waals surface area contributed by atoms with E-state index in [-0.39, 0.29) is 16.3 Å². The van der Waals surface area contributed by atoms with Crippen LogP contribution in [0.15, 0.2) is 66.7 Å². The van der Waals surface area contributed by atoms with Gasteiger partial charge in [0, 0.05) is 27.3 Å². The zero-order valence-electron chi connectivity index (χ0n) is 18.1. The fourth-order valence-electron chi connectivity index (χ4n) is 3.68. The van der Waals surface area contributed by atoms with Gasteiger partial charge in [0.1, 0.15) is 4.33 Å². The number of carbonyl (C=O) groups excluding carboxylic acids is 3. The lowest BCUT2D eigenvalue weighted by Gasteiger charge is -2.11. The van der Waals surface area contributed by atoms with E-state index in [0.29, 0.717) is 21.3 Å². The highest BCUT2D eigenvalue weighted by Gasteiger charge is 2.67. The van der Waals surface area contributed by atoms with Gasteiger partial charge in [0.15, 0.2) is 0 Å². The number of hydrogen-bond acceptors (Lipinski definition) is 3. The van der Waals surface area contributed by atoms with Crippen molar-refractivity contribution in [2.24, 2.45) is 5.92 Å². The summed E-state index contributed by atoms with van der Waals surface area (Å²) in [4.78, 5) is 37.6. The molecule has 1 fully saturated rings. The third-order valence-electron chi connectivity index (χ3n) is 5.38. The summed E-state index contributed by atoms with van der Waals surface area (Å²) < 4.78 is -1.36. The maximum Gasteiger partial charge on any atom is 0.337 e. The van der Waals surface area contributed by atoms with Gasteiger partial charge in [0.25, 0.3) is 5.91 Å². The van der Waals surface area contributed by atoms with Gasteiger partial charge in [-0.15, -0.1) is 23.2 Å². The first-order valence-corrected chi connectivity index (χ1v) is 12.3. The Hall–Kier alpha value is -2.68.